The number of rotatable bonds is 6. The molecule has 2 aliphatic carbocycles. The van der Waals surface area contributed by atoms with Crippen molar-refractivity contribution in [2.24, 2.45) is 5.92 Å². The van der Waals surface area contributed by atoms with Crippen LogP contribution in [-0.2, 0) is 35.7 Å². The molecule has 2 heterocycles. The maximum Gasteiger partial charge on any atom is 0.278 e. The van der Waals surface area contributed by atoms with Crippen LogP contribution in [0.15, 0.2) is 11.2 Å². The van der Waals surface area contributed by atoms with E-state index >= 15 is 0 Å². The van der Waals surface area contributed by atoms with Crippen molar-refractivity contribution >= 4 is 21.7 Å². The molecule has 1 saturated heterocycles. The second-order valence-corrected chi connectivity index (χ2v) is 10.6. The number of H-pyrrole nitrogens is 1. The molecule has 1 fully saturated rings. The van der Waals surface area contributed by atoms with Crippen molar-refractivity contribution in [2.75, 3.05) is 39.0 Å². The summed E-state index contributed by atoms with van der Waals surface area (Å²) in [7, 11) is 0.385. The summed E-state index contributed by atoms with van der Waals surface area (Å²) in [6.45, 7) is 1.95. The SMILES string of the molecule is CN(C)CC1CN(S(=O)(=O)c2nnc(Nc3c4c(cc5c3CCC5)CCC4)[nH]2)C1. The van der Waals surface area contributed by atoms with Gasteiger partial charge in [0.15, 0.2) is 0 Å². The van der Waals surface area contributed by atoms with Crippen molar-refractivity contribution in [3.63, 3.8) is 0 Å². The van der Waals surface area contributed by atoms with E-state index in [1.807, 2.05) is 14.1 Å². The Morgan fingerprint density at radius 2 is 1.76 bits per heavy atom. The fraction of sp³-hybridized carbons (Fsp3) is 0.600. The molecule has 3 aliphatic rings. The number of aromatic amines is 1. The highest BCUT2D eigenvalue weighted by atomic mass is 32.2. The van der Waals surface area contributed by atoms with Gasteiger partial charge in [-0.1, -0.05) is 6.07 Å². The molecule has 1 aromatic heterocycles. The summed E-state index contributed by atoms with van der Waals surface area (Å²) >= 11 is 0. The lowest BCUT2D eigenvalue weighted by molar-refractivity contribution is 0.160. The zero-order valence-electron chi connectivity index (χ0n) is 17.0. The summed E-state index contributed by atoms with van der Waals surface area (Å²) in [6, 6.07) is 2.38. The third-order valence-electron chi connectivity index (χ3n) is 6.31. The van der Waals surface area contributed by atoms with E-state index in [1.165, 1.54) is 39.4 Å². The molecule has 2 N–H and O–H groups in total. The van der Waals surface area contributed by atoms with Gasteiger partial charge in [0.05, 0.1) is 0 Å². The molecule has 0 amide bonds. The molecule has 156 valence electrons. The van der Waals surface area contributed by atoms with E-state index < -0.39 is 10.0 Å². The maximum absolute atomic E-state index is 12.8. The Labute approximate surface area is 171 Å². The first-order chi connectivity index (χ1) is 13.9. The second kappa shape index (κ2) is 7.07. The van der Waals surface area contributed by atoms with Crippen LogP contribution in [0.2, 0.25) is 0 Å². The Bertz CT molecular complexity index is 1010. The number of anilines is 2. The van der Waals surface area contributed by atoms with E-state index in [9.17, 15) is 8.42 Å². The summed E-state index contributed by atoms with van der Waals surface area (Å²) < 4.78 is 27.1. The van der Waals surface area contributed by atoms with Gasteiger partial charge in [-0.3, -0.25) is 4.98 Å². The highest BCUT2D eigenvalue weighted by Gasteiger charge is 2.38. The molecule has 1 aromatic carbocycles. The molecule has 0 atom stereocenters. The lowest BCUT2D eigenvalue weighted by atomic mass is 9.99. The summed E-state index contributed by atoms with van der Waals surface area (Å²) in [5, 5.41) is 11.4. The second-order valence-electron chi connectivity index (χ2n) is 8.79. The number of aromatic nitrogens is 3. The highest BCUT2D eigenvalue weighted by Crippen LogP contribution is 2.39. The largest absolute Gasteiger partial charge is 0.324 e. The lowest BCUT2D eigenvalue weighted by Crippen LogP contribution is -2.53. The number of benzene rings is 1. The van der Waals surface area contributed by atoms with Crippen LogP contribution in [0.4, 0.5) is 11.6 Å². The quantitative estimate of drug-likeness (QED) is 0.745. The smallest absolute Gasteiger partial charge is 0.278 e. The first kappa shape index (κ1) is 19.0. The predicted molar refractivity (Wildman–Crippen MR) is 111 cm³/mol. The van der Waals surface area contributed by atoms with Gasteiger partial charge >= 0.3 is 0 Å². The lowest BCUT2D eigenvalue weighted by Gasteiger charge is -2.38. The molecule has 0 bridgehead atoms. The predicted octanol–water partition coefficient (Wildman–Crippen LogP) is 1.71. The highest BCUT2D eigenvalue weighted by molar-refractivity contribution is 7.89. The van der Waals surface area contributed by atoms with Gasteiger partial charge in [0, 0.05) is 25.3 Å². The molecule has 29 heavy (non-hydrogen) atoms. The molecule has 0 unspecified atom stereocenters. The molecule has 0 radical (unpaired) electrons. The van der Waals surface area contributed by atoms with E-state index in [2.05, 4.69) is 31.5 Å². The van der Waals surface area contributed by atoms with Gasteiger partial charge in [0.25, 0.3) is 15.2 Å². The Morgan fingerprint density at radius 1 is 1.10 bits per heavy atom. The molecular weight excluding hydrogens is 388 g/mol. The first-order valence-electron chi connectivity index (χ1n) is 10.4. The number of nitrogens with zero attached hydrogens (tertiary/aromatic N) is 4. The molecule has 9 heteroatoms. The fourth-order valence-electron chi connectivity index (χ4n) is 4.98. The van der Waals surface area contributed by atoms with Crippen LogP contribution in [0.1, 0.15) is 35.1 Å². The standard InChI is InChI=1S/C20H28N6O2S/c1-25(2)10-13-11-26(12-13)29(27,28)20-22-19(23-24-20)21-18-16-7-3-5-14(16)9-15-6-4-8-17(15)18/h9,13H,3-8,10-12H2,1-2H3,(H2,21,22,23,24). The Hall–Kier alpha value is -1.97. The number of hydrogen-bond donors (Lipinski definition) is 2. The number of nitrogens with one attached hydrogen (secondary N) is 2. The number of fused-ring (bicyclic) bond motifs is 2. The molecule has 5 rings (SSSR count). The number of aryl methyl sites for hydroxylation is 2. The monoisotopic (exact) mass is 416 g/mol. The van der Waals surface area contributed by atoms with Crippen LogP contribution in [-0.4, -0.2) is 66.5 Å². The van der Waals surface area contributed by atoms with Gasteiger partial charge < -0.3 is 10.2 Å². The molecule has 1 aliphatic heterocycles. The minimum absolute atomic E-state index is 0.0764. The fourth-order valence-corrected chi connectivity index (χ4v) is 6.41. The van der Waals surface area contributed by atoms with Crippen molar-refractivity contribution in [1.82, 2.24) is 24.4 Å². The van der Waals surface area contributed by atoms with Gasteiger partial charge in [-0.15, -0.1) is 10.2 Å². The van der Waals surface area contributed by atoms with Crippen LogP contribution in [0.3, 0.4) is 0 Å². The average Bonchev–Trinajstić information content (AvgIpc) is 3.36. The minimum atomic E-state index is -3.62. The van der Waals surface area contributed by atoms with Crippen molar-refractivity contribution in [1.29, 1.82) is 0 Å². The topological polar surface area (TPSA) is 94.2 Å². The zero-order valence-corrected chi connectivity index (χ0v) is 17.8. The average molecular weight is 417 g/mol. The summed E-state index contributed by atoms with van der Waals surface area (Å²) in [5.41, 5.74) is 6.70. The molecular formula is C20H28N6O2S. The van der Waals surface area contributed by atoms with Crippen LogP contribution in [0, 0.1) is 5.92 Å². The van der Waals surface area contributed by atoms with E-state index in [0.29, 0.717) is 25.0 Å². The normalized spacial score (nSPS) is 19.4. The van der Waals surface area contributed by atoms with Gasteiger partial charge in [0.1, 0.15) is 0 Å². The first-order valence-corrected chi connectivity index (χ1v) is 11.9. The Kier molecular flexibility index (Phi) is 4.64. The summed E-state index contributed by atoms with van der Waals surface area (Å²) in [4.78, 5) is 5.00. The van der Waals surface area contributed by atoms with Crippen LogP contribution >= 0.6 is 0 Å². The molecule has 0 saturated carbocycles. The van der Waals surface area contributed by atoms with Crippen LogP contribution in [0.25, 0.3) is 0 Å². The van der Waals surface area contributed by atoms with Gasteiger partial charge in [-0.25, -0.2) is 8.42 Å². The number of sulfonamides is 1. The van der Waals surface area contributed by atoms with E-state index in [1.54, 1.807) is 0 Å². The van der Waals surface area contributed by atoms with Gasteiger partial charge in [-0.2, -0.15) is 4.31 Å². The third kappa shape index (κ3) is 3.35. The summed E-state index contributed by atoms with van der Waals surface area (Å²) in [5.74, 6) is 0.776. The van der Waals surface area contributed by atoms with E-state index in [-0.39, 0.29) is 5.16 Å². The van der Waals surface area contributed by atoms with Crippen molar-refractivity contribution in [3.05, 3.63) is 28.3 Å². The van der Waals surface area contributed by atoms with Crippen molar-refractivity contribution < 1.29 is 8.42 Å². The zero-order chi connectivity index (χ0) is 20.2. The van der Waals surface area contributed by atoms with Gasteiger partial charge in [-0.05, 0) is 80.8 Å². The number of hydrogen-bond acceptors (Lipinski definition) is 6. The van der Waals surface area contributed by atoms with Crippen LogP contribution in [0.5, 0.6) is 0 Å². The molecule has 8 nitrogen and oxygen atoms in total. The maximum atomic E-state index is 12.8. The summed E-state index contributed by atoms with van der Waals surface area (Å²) in [6.07, 6.45) is 6.71. The minimum Gasteiger partial charge on any atom is -0.324 e. The Balaban J connectivity index is 1.36. The molecule has 0 spiro atoms. The van der Waals surface area contributed by atoms with E-state index in [0.717, 1.165) is 37.9 Å². The Morgan fingerprint density at radius 3 is 2.38 bits per heavy atom. The third-order valence-corrected chi connectivity index (χ3v) is 7.96. The van der Waals surface area contributed by atoms with Gasteiger partial charge in [0.2, 0.25) is 5.95 Å². The van der Waals surface area contributed by atoms with Crippen LogP contribution < -0.4 is 5.32 Å². The van der Waals surface area contributed by atoms with Crippen molar-refractivity contribution in [3.8, 4) is 0 Å². The van der Waals surface area contributed by atoms with Crippen molar-refractivity contribution in [2.45, 2.75) is 43.7 Å². The molecule has 2 aromatic rings. The van der Waals surface area contributed by atoms with E-state index in [4.69, 9.17) is 0 Å².